The van der Waals surface area contributed by atoms with E-state index in [0.29, 0.717) is 28.9 Å². The zero-order chi connectivity index (χ0) is 16.7. The van der Waals surface area contributed by atoms with Gasteiger partial charge in [0.05, 0.1) is 12.7 Å². The van der Waals surface area contributed by atoms with Crippen molar-refractivity contribution in [1.29, 1.82) is 0 Å². The van der Waals surface area contributed by atoms with Crippen LogP contribution < -0.4 is 4.74 Å². The smallest absolute Gasteiger partial charge is 0.232 e. The van der Waals surface area contributed by atoms with Crippen LogP contribution in [-0.2, 0) is 4.74 Å². The maximum Gasteiger partial charge on any atom is 0.232 e. The molecule has 0 aliphatic heterocycles. The minimum Gasteiger partial charge on any atom is -0.496 e. The molecule has 0 amide bonds. The summed E-state index contributed by atoms with van der Waals surface area (Å²) in [6, 6.07) is 3.51. The van der Waals surface area contributed by atoms with Crippen molar-refractivity contribution in [3.05, 3.63) is 40.2 Å². The van der Waals surface area contributed by atoms with E-state index in [-0.39, 0.29) is 17.3 Å². The molecule has 4 nitrogen and oxygen atoms in total. The van der Waals surface area contributed by atoms with Gasteiger partial charge in [0.15, 0.2) is 11.5 Å². The molecule has 0 aromatic heterocycles. The van der Waals surface area contributed by atoms with E-state index in [1.54, 1.807) is 12.1 Å². The molecule has 0 bridgehead atoms. The number of carbonyl (C=O) groups excluding carboxylic acids is 2. The highest BCUT2D eigenvalue weighted by molar-refractivity contribution is 6.27. The van der Waals surface area contributed by atoms with Crippen molar-refractivity contribution in [3.63, 3.8) is 0 Å². The molecular formula is C18H22O4. The third-order valence-corrected chi connectivity index (χ3v) is 3.57. The predicted octanol–water partition coefficient (Wildman–Crippen LogP) is 3.86. The summed E-state index contributed by atoms with van der Waals surface area (Å²) in [6.45, 7) is 9.25. The first kappa shape index (κ1) is 16.3. The van der Waals surface area contributed by atoms with Gasteiger partial charge >= 0.3 is 0 Å². The van der Waals surface area contributed by atoms with Gasteiger partial charge in [-0.15, -0.1) is 0 Å². The molecule has 0 N–H and O–H groups in total. The zero-order valence-electron chi connectivity index (χ0n) is 14.0. The van der Waals surface area contributed by atoms with Crippen molar-refractivity contribution in [1.82, 2.24) is 0 Å². The Morgan fingerprint density at radius 2 is 1.68 bits per heavy atom. The second-order valence-corrected chi connectivity index (χ2v) is 6.37. The SMILES string of the molecule is CCC1=C(OC(C)(C)C)C(=O)c2c(OC)ccc(C)c2C1=O. The maximum atomic E-state index is 12.9. The topological polar surface area (TPSA) is 52.6 Å². The van der Waals surface area contributed by atoms with Gasteiger partial charge in [0, 0.05) is 11.1 Å². The Balaban J connectivity index is 2.72. The Bertz CT molecular complexity index is 675. The summed E-state index contributed by atoms with van der Waals surface area (Å²) >= 11 is 0. The fourth-order valence-corrected chi connectivity index (χ4v) is 2.62. The highest BCUT2D eigenvalue weighted by Crippen LogP contribution is 2.37. The van der Waals surface area contributed by atoms with Gasteiger partial charge in [0.1, 0.15) is 11.4 Å². The van der Waals surface area contributed by atoms with Crippen molar-refractivity contribution in [2.75, 3.05) is 7.11 Å². The number of carbonyl (C=O) groups is 2. The summed E-state index contributed by atoms with van der Waals surface area (Å²) in [5, 5.41) is 0. The van der Waals surface area contributed by atoms with E-state index >= 15 is 0 Å². The summed E-state index contributed by atoms with van der Waals surface area (Å²) < 4.78 is 11.1. The van der Waals surface area contributed by atoms with Crippen LogP contribution in [0.3, 0.4) is 0 Å². The van der Waals surface area contributed by atoms with Crippen LogP contribution in [0.15, 0.2) is 23.5 Å². The third kappa shape index (κ3) is 2.65. The van der Waals surface area contributed by atoms with E-state index in [9.17, 15) is 9.59 Å². The van der Waals surface area contributed by atoms with Crippen LogP contribution in [0.5, 0.6) is 5.75 Å². The van der Waals surface area contributed by atoms with Crippen molar-refractivity contribution in [2.24, 2.45) is 0 Å². The molecule has 1 aromatic carbocycles. The molecular weight excluding hydrogens is 280 g/mol. The minimum atomic E-state index is -0.555. The molecule has 0 radical (unpaired) electrons. The van der Waals surface area contributed by atoms with Gasteiger partial charge in [-0.25, -0.2) is 0 Å². The third-order valence-electron chi connectivity index (χ3n) is 3.57. The maximum absolute atomic E-state index is 12.9. The summed E-state index contributed by atoms with van der Waals surface area (Å²) in [5.74, 6) is 0.134. The average Bonchev–Trinajstić information content (AvgIpc) is 2.43. The number of allylic oxidation sites excluding steroid dienone is 2. The normalized spacial score (nSPS) is 15.0. The lowest BCUT2D eigenvalue weighted by molar-refractivity contribution is 0.0400. The number of ketones is 2. The number of Topliss-reactive ketones (excluding diaryl/α,β-unsaturated/α-hetero) is 2. The van der Waals surface area contributed by atoms with E-state index in [1.807, 2.05) is 34.6 Å². The van der Waals surface area contributed by atoms with Crippen LogP contribution in [0.1, 0.15) is 60.4 Å². The number of aryl methyl sites for hydroxylation is 1. The molecule has 0 heterocycles. The molecule has 1 aliphatic rings. The molecule has 2 rings (SSSR count). The summed E-state index contributed by atoms with van der Waals surface area (Å²) in [6.07, 6.45) is 0.450. The van der Waals surface area contributed by atoms with Gasteiger partial charge < -0.3 is 9.47 Å². The number of rotatable bonds is 3. The second kappa shape index (κ2) is 5.59. The Labute approximate surface area is 131 Å². The van der Waals surface area contributed by atoms with E-state index < -0.39 is 5.60 Å². The fraction of sp³-hybridized carbons (Fsp3) is 0.444. The summed E-state index contributed by atoms with van der Waals surface area (Å²) in [5.41, 5.74) is 1.39. The first-order valence-corrected chi connectivity index (χ1v) is 7.40. The predicted molar refractivity (Wildman–Crippen MR) is 84.5 cm³/mol. The van der Waals surface area contributed by atoms with Gasteiger partial charge in [0.2, 0.25) is 5.78 Å². The molecule has 0 saturated carbocycles. The number of hydrogen-bond donors (Lipinski definition) is 0. The number of fused-ring (bicyclic) bond motifs is 1. The molecule has 0 saturated heterocycles. The molecule has 0 fully saturated rings. The van der Waals surface area contributed by atoms with Crippen LogP contribution in [0.4, 0.5) is 0 Å². The Kier molecular flexibility index (Phi) is 4.14. The van der Waals surface area contributed by atoms with Crippen molar-refractivity contribution >= 4 is 11.6 Å². The molecule has 4 heteroatoms. The molecule has 1 aliphatic carbocycles. The van der Waals surface area contributed by atoms with Crippen LogP contribution >= 0.6 is 0 Å². The molecule has 22 heavy (non-hydrogen) atoms. The number of methoxy groups -OCH3 is 1. The molecule has 1 aromatic rings. The summed E-state index contributed by atoms with van der Waals surface area (Å²) in [7, 11) is 1.49. The van der Waals surface area contributed by atoms with Gasteiger partial charge in [-0.2, -0.15) is 0 Å². The number of benzene rings is 1. The molecule has 118 valence electrons. The van der Waals surface area contributed by atoms with E-state index in [0.717, 1.165) is 5.56 Å². The first-order chi connectivity index (χ1) is 10.2. The monoisotopic (exact) mass is 302 g/mol. The van der Waals surface area contributed by atoms with Crippen LogP contribution in [0.2, 0.25) is 0 Å². The lowest BCUT2D eigenvalue weighted by atomic mass is 9.83. The first-order valence-electron chi connectivity index (χ1n) is 7.40. The standard InChI is InChI=1S/C18H22O4/c1-7-11-15(19)13-10(2)8-9-12(21-6)14(13)16(20)17(11)22-18(3,4)5/h8-9H,7H2,1-6H3. The Morgan fingerprint density at radius 3 is 2.18 bits per heavy atom. The Morgan fingerprint density at radius 1 is 1.05 bits per heavy atom. The van der Waals surface area contributed by atoms with Crippen LogP contribution in [0, 0.1) is 6.92 Å². The van der Waals surface area contributed by atoms with Crippen LogP contribution in [0.25, 0.3) is 0 Å². The van der Waals surface area contributed by atoms with Crippen molar-refractivity contribution < 1.29 is 19.1 Å². The molecule has 0 spiro atoms. The van der Waals surface area contributed by atoms with Crippen molar-refractivity contribution in [3.8, 4) is 5.75 Å². The van der Waals surface area contributed by atoms with E-state index in [1.165, 1.54) is 7.11 Å². The lowest BCUT2D eigenvalue weighted by Gasteiger charge is -2.28. The van der Waals surface area contributed by atoms with Crippen molar-refractivity contribution in [2.45, 2.75) is 46.6 Å². The van der Waals surface area contributed by atoms with Gasteiger partial charge in [-0.3, -0.25) is 9.59 Å². The van der Waals surface area contributed by atoms with E-state index in [2.05, 4.69) is 0 Å². The summed E-state index contributed by atoms with van der Waals surface area (Å²) in [4.78, 5) is 25.8. The lowest BCUT2D eigenvalue weighted by Crippen LogP contribution is -2.30. The van der Waals surface area contributed by atoms with Gasteiger partial charge in [-0.05, 0) is 45.7 Å². The number of hydrogen-bond acceptors (Lipinski definition) is 4. The second-order valence-electron chi connectivity index (χ2n) is 6.37. The quantitative estimate of drug-likeness (QED) is 0.850. The Hall–Kier alpha value is -2.10. The highest BCUT2D eigenvalue weighted by atomic mass is 16.5. The van der Waals surface area contributed by atoms with Gasteiger partial charge in [0.25, 0.3) is 0 Å². The minimum absolute atomic E-state index is 0.146. The van der Waals surface area contributed by atoms with Crippen LogP contribution in [-0.4, -0.2) is 24.3 Å². The van der Waals surface area contributed by atoms with E-state index in [4.69, 9.17) is 9.47 Å². The zero-order valence-corrected chi connectivity index (χ0v) is 14.0. The van der Waals surface area contributed by atoms with Gasteiger partial charge in [-0.1, -0.05) is 13.0 Å². The molecule has 0 unspecified atom stereocenters. The largest absolute Gasteiger partial charge is 0.496 e. The fourth-order valence-electron chi connectivity index (χ4n) is 2.62. The molecule has 0 atom stereocenters. The highest BCUT2D eigenvalue weighted by Gasteiger charge is 2.37. The number of ether oxygens (including phenoxy) is 2. The average molecular weight is 302 g/mol.